The van der Waals surface area contributed by atoms with Crippen LogP contribution in [0.1, 0.15) is 5.56 Å². The quantitative estimate of drug-likeness (QED) is 0.502. The zero-order chi connectivity index (χ0) is 14.4. The predicted molar refractivity (Wildman–Crippen MR) is 84.2 cm³/mol. The van der Waals surface area contributed by atoms with Gasteiger partial charge in [-0.2, -0.15) is 0 Å². The Balaban J connectivity index is 1.84. The predicted octanol–water partition coefficient (Wildman–Crippen LogP) is 4.94. The van der Waals surface area contributed by atoms with Crippen LogP contribution in [0.4, 0.5) is 4.39 Å². The summed E-state index contributed by atoms with van der Waals surface area (Å²) in [6, 6.07) is 12.1. The molecule has 0 radical (unpaired) electrons. The van der Waals surface area contributed by atoms with Crippen molar-refractivity contribution in [1.29, 1.82) is 0 Å². The summed E-state index contributed by atoms with van der Waals surface area (Å²) < 4.78 is 25.2. The van der Waals surface area contributed by atoms with Crippen LogP contribution in [0.25, 0.3) is 0 Å². The van der Waals surface area contributed by atoms with Gasteiger partial charge in [-0.3, -0.25) is 0 Å². The summed E-state index contributed by atoms with van der Waals surface area (Å²) in [4.78, 5) is 0. The van der Waals surface area contributed by atoms with E-state index in [1.807, 2.05) is 24.3 Å². The van der Waals surface area contributed by atoms with Crippen LogP contribution in [0.2, 0.25) is 0 Å². The third-order valence-corrected chi connectivity index (χ3v) is 3.67. The van der Waals surface area contributed by atoms with Crippen LogP contribution in [0, 0.1) is 5.82 Å². The van der Waals surface area contributed by atoms with Crippen LogP contribution in [0.15, 0.2) is 46.9 Å². The average Bonchev–Trinajstić information content (AvgIpc) is 2.45. The maximum Gasteiger partial charge on any atom is 0.123 e. The van der Waals surface area contributed by atoms with Crippen molar-refractivity contribution in [3.63, 3.8) is 0 Å². The molecule has 0 aliphatic heterocycles. The molecule has 0 saturated carbocycles. The maximum absolute atomic E-state index is 13.1. The maximum atomic E-state index is 13.1. The largest absolute Gasteiger partial charge is 0.490 e. The summed E-state index contributed by atoms with van der Waals surface area (Å²) in [7, 11) is 0. The molecule has 0 aliphatic rings. The van der Waals surface area contributed by atoms with Crippen LogP contribution in [-0.2, 0) is 5.33 Å². The molecule has 20 heavy (non-hydrogen) atoms. The lowest BCUT2D eigenvalue weighted by atomic mass is 10.2. The molecule has 2 aromatic carbocycles. The summed E-state index contributed by atoms with van der Waals surface area (Å²) in [5.74, 6) is 1.18. The second-order valence-corrected chi connectivity index (χ2v) is 5.52. The summed E-state index contributed by atoms with van der Waals surface area (Å²) in [5, 5.41) is 0.548. The van der Waals surface area contributed by atoms with Gasteiger partial charge in [0.15, 0.2) is 0 Å². The number of halogens is 3. The van der Waals surface area contributed by atoms with E-state index < -0.39 is 0 Å². The number of ether oxygens (including phenoxy) is 2. The molecule has 0 spiro atoms. The van der Waals surface area contributed by atoms with Crippen molar-refractivity contribution in [2.45, 2.75) is 5.33 Å². The van der Waals surface area contributed by atoms with Gasteiger partial charge in [0.2, 0.25) is 0 Å². The van der Waals surface area contributed by atoms with Crippen molar-refractivity contribution in [1.82, 2.24) is 0 Å². The van der Waals surface area contributed by atoms with Gasteiger partial charge in [-0.25, -0.2) is 4.39 Å². The molecular formula is C15H13Br2FO2. The minimum absolute atomic E-state index is 0.266. The SMILES string of the molecule is Fc1ccc(OCCOc2cccc(Br)c2)c(CBr)c1. The van der Waals surface area contributed by atoms with Gasteiger partial charge in [0.25, 0.3) is 0 Å². The molecule has 0 atom stereocenters. The van der Waals surface area contributed by atoms with Gasteiger partial charge in [-0.1, -0.05) is 37.9 Å². The van der Waals surface area contributed by atoms with E-state index in [1.54, 1.807) is 6.07 Å². The second-order valence-electron chi connectivity index (χ2n) is 4.04. The van der Waals surface area contributed by atoms with E-state index >= 15 is 0 Å². The van der Waals surface area contributed by atoms with Gasteiger partial charge in [0.05, 0.1) is 0 Å². The first-order valence-electron chi connectivity index (χ1n) is 6.04. The Hall–Kier alpha value is -1.07. The summed E-state index contributed by atoms with van der Waals surface area (Å²) in [6.45, 7) is 0.827. The van der Waals surface area contributed by atoms with Crippen molar-refractivity contribution in [2.75, 3.05) is 13.2 Å². The van der Waals surface area contributed by atoms with Gasteiger partial charge in [-0.05, 0) is 36.4 Å². The Morgan fingerprint density at radius 3 is 2.55 bits per heavy atom. The smallest absolute Gasteiger partial charge is 0.123 e. The van der Waals surface area contributed by atoms with E-state index in [2.05, 4.69) is 31.9 Å². The minimum Gasteiger partial charge on any atom is -0.490 e. The fourth-order valence-electron chi connectivity index (χ4n) is 1.66. The molecule has 0 bridgehead atoms. The van der Waals surface area contributed by atoms with Crippen molar-refractivity contribution in [3.05, 3.63) is 58.3 Å². The van der Waals surface area contributed by atoms with Crippen molar-refractivity contribution >= 4 is 31.9 Å². The zero-order valence-corrected chi connectivity index (χ0v) is 13.8. The van der Waals surface area contributed by atoms with Crippen LogP contribution in [0.3, 0.4) is 0 Å². The normalized spacial score (nSPS) is 10.3. The van der Waals surface area contributed by atoms with Gasteiger partial charge in [0, 0.05) is 15.4 Å². The van der Waals surface area contributed by atoms with Gasteiger partial charge in [-0.15, -0.1) is 0 Å². The lowest BCUT2D eigenvalue weighted by molar-refractivity contribution is 0.216. The number of hydrogen-bond donors (Lipinski definition) is 0. The first-order valence-corrected chi connectivity index (χ1v) is 7.96. The molecule has 0 heterocycles. The first-order chi connectivity index (χ1) is 9.69. The van der Waals surface area contributed by atoms with Crippen LogP contribution in [-0.4, -0.2) is 13.2 Å². The molecule has 5 heteroatoms. The summed E-state index contributed by atoms with van der Waals surface area (Å²) in [6.07, 6.45) is 0. The van der Waals surface area contributed by atoms with E-state index in [-0.39, 0.29) is 5.82 Å². The van der Waals surface area contributed by atoms with Crippen molar-refractivity contribution in [3.8, 4) is 11.5 Å². The monoisotopic (exact) mass is 402 g/mol. The van der Waals surface area contributed by atoms with E-state index in [4.69, 9.17) is 9.47 Å². The molecular weight excluding hydrogens is 391 g/mol. The van der Waals surface area contributed by atoms with E-state index in [9.17, 15) is 4.39 Å². The molecule has 0 unspecified atom stereocenters. The Morgan fingerprint density at radius 2 is 1.80 bits per heavy atom. The Morgan fingerprint density at radius 1 is 1.00 bits per heavy atom. The van der Waals surface area contributed by atoms with Gasteiger partial charge >= 0.3 is 0 Å². The highest BCUT2D eigenvalue weighted by atomic mass is 79.9. The van der Waals surface area contributed by atoms with E-state index in [1.165, 1.54) is 12.1 Å². The number of benzene rings is 2. The summed E-state index contributed by atoms with van der Waals surface area (Å²) >= 11 is 6.69. The van der Waals surface area contributed by atoms with E-state index in [0.717, 1.165) is 15.8 Å². The third-order valence-electron chi connectivity index (χ3n) is 2.57. The first kappa shape index (κ1) is 15.3. The Bertz CT molecular complexity index is 576. The Labute approximate surface area is 134 Å². The summed E-state index contributed by atoms with van der Waals surface area (Å²) in [5.41, 5.74) is 0.785. The molecule has 0 fully saturated rings. The zero-order valence-electron chi connectivity index (χ0n) is 10.6. The highest BCUT2D eigenvalue weighted by Gasteiger charge is 2.04. The third kappa shape index (κ3) is 4.49. The Kier molecular flexibility index (Phi) is 5.86. The molecule has 0 aliphatic carbocycles. The molecule has 2 aromatic rings. The lowest BCUT2D eigenvalue weighted by Gasteiger charge is -2.11. The topological polar surface area (TPSA) is 18.5 Å². The average molecular weight is 404 g/mol. The fourth-order valence-corrected chi connectivity index (χ4v) is 2.48. The molecule has 0 aromatic heterocycles. The second kappa shape index (κ2) is 7.64. The van der Waals surface area contributed by atoms with Crippen LogP contribution < -0.4 is 9.47 Å². The van der Waals surface area contributed by atoms with Crippen LogP contribution in [0.5, 0.6) is 11.5 Å². The molecule has 2 nitrogen and oxygen atoms in total. The number of hydrogen-bond acceptors (Lipinski definition) is 2. The highest BCUT2D eigenvalue weighted by molar-refractivity contribution is 9.10. The van der Waals surface area contributed by atoms with Gasteiger partial charge in [0.1, 0.15) is 30.5 Å². The van der Waals surface area contributed by atoms with E-state index in [0.29, 0.717) is 24.3 Å². The highest BCUT2D eigenvalue weighted by Crippen LogP contribution is 2.22. The lowest BCUT2D eigenvalue weighted by Crippen LogP contribution is -2.09. The minimum atomic E-state index is -0.266. The van der Waals surface area contributed by atoms with Crippen molar-refractivity contribution < 1.29 is 13.9 Å². The fraction of sp³-hybridized carbons (Fsp3) is 0.200. The van der Waals surface area contributed by atoms with Gasteiger partial charge < -0.3 is 9.47 Å². The molecule has 0 amide bonds. The molecule has 0 N–H and O–H groups in total. The molecule has 2 rings (SSSR count). The standard InChI is InChI=1S/C15H13Br2FO2/c16-10-11-8-13(18)4-5-15(11)20-7-6-19-14-3-1-2-12(17)9-14/h1-5,8-9H,6-7,10H2. The van der Waals surface area contributed by atoms with Crippen molar-refractivity contribution in [2.24, 2.45) is 0 Å². The van der Waals surface area contributed by atoms with Crippen LogP contribution >= 0.6 is 31.9 Å². The number of rotatable bonds is 6. The molecule has 0 saturated heterocycles. The number of alkyl halides is 1. The molecule has 106 valence electrons.